The Morgan fingerprint density at radius 2 is 2.14 bits per heavy atom. The number of thiophene rings is 1. The topological polar surface area (TPSA) is 38.0 Å². The number of fused-ring (bicyclic) bond motifs is 1. The zero-order valence-electron chi connectivity index (χ0n) is 12.0. The minimum absolute atomic E-state index is 0.481. The second-order valence-corrected chi connectivity index (χ2v) is 6.58. The average Bonchev–Trinajstić information content (AvgIpc) is 3.03. The van der Waals surface area contributed by atoms with Crippen LogP contribution in [-0.4, -0.2) is 14.9 Å². The van der Waals surface area contributed by atoms with E-state index in [1.165, 1.54) is 10.1 Å². The predicted octanol–water partition coefficient (Wildman–Crippen LogP) is 4.13. The van der Waals surface area contributed by atoms with Crippen LogP contribution in [0.5, 0.6) is 0 Å². The number of aryl methyl sites for hydroxylation is 2. The molecule has 0 aliphatic carbocycles. The largest absolute Gasteiger partial charge is 0.387 e. The Morgan fingerprint density at radius 1 is 1.38 bits per heavy atom. The molecule has 2 aromatic heterocycles. The van der Waals surface area contributed by atoms with Crippen LogP contribution in [0, 0.1) is 0 Å². The number of rotatable bonds is 4. The van der Waals surface area contributed by atoms with Crippen LogP contribution < -0.4 is 0 Å². The molecule has 0 radical (unpaired) electrons. The molecule has 1 unspecified atom stereocenters. The van der Waals surface area contributed by atoms with Gasteiger partial charge in [-0.15, -0.1) is 11.3 Å². The van der Waals surface area contributed by atoms with Crippen molar-refractivity contribution in [2.75, 3.05) is 0 Å². The van der Waals surface area contributed by atoms with Gasteiger partial charge in [0.1, 0.15) is 0 Å². The number of aliphatic hydroxyl groups is 1. The molecule has 0 saturated heterocycles. The van der Waals surface area contributed by atoms with Crippen LogP contribution in [0.15, 0.2) is 30.3 Å². The molecule has 21 heavy (non-hydrogen) atoms. The van der Waals surface area contributed by atoms with E-state index in [4.69, 9.17) is 11.6 Å². The number of nitrogens with zero attached hydrogens (tertiary/aromatic N) is 2. The van der Waals surface area contributed by atoms with Crippen molar-refractivity contribution in [1.29, 1.82) is 0 Å². The van der Waals surface area contributed by atoms with Gasteiger partial charge in [-0.3, -0.25) is 4.68 Å². The number of hydrogen-bond donors (Lipinski definition) is 1. The Hall–Kier alpha value is -1.36. The van der Waals surface area contributed by atoms with Gasteiger partial charge in [-0.1, -0.05) is 36.7 Å². The van der Waals surface area contributed by atoms with E-state index < -0.39 is 6.10 Å². The summed E-state index contributed by atoms with van der Waals surface area (Å²) in [7, 11) is 1.87. The summed E-state index contributed by atoms with van der Waals surface area (Å²) in [5.74, 6) is 0. The molecule has 0 bridgehead atoms. The lowest BCUT2D eigenvalue weighted by atomic mass is 10.1. The second kappa shape index (κ2) is 5.79. The minimum Gasteiger partial charge on any atom is -0.387 e. The maximum atomic E-state index is 10.5. The van der Waals surface area contributed by atoms with E-state index in [0.29, 0.717) is 11.4 Å². The van der Waals surface area contributed by atoms with E-state index in [-0.39, 0.29) is 0 Å². The van der Waals surface area contributed by atoms with Gasteiger partial charge < -0.3 is 5.11 Å². The van der Waals surface area contributed by atoms with Gasteiger partial charge in [-0.2, -0.15) is 5.10 Å². The summed E-state index contributed by atoms with van der Waals surface area (Å²) in [6.45, 7) is 2.03. The average molecular weight is 321 g/mol. The number of halogens is 1. The van der Waals surface area contributed by atoms with Gasteiger partial charge in [0, 0.05) is 23.0 Å². The van der Waals surface area contributed by atoms with Crippen molar-refractivity contribution in [3.63, 3.8) is 0 Å². The van der Waals surface area contributed by atoms with Gasteiger partial charge in [0.15, 0.2) is 0 Å². The highest BCUT2D eigenvalue weighted by Crippen LogP contribution is 2.33. The van der Waals surface area contributed by atoms with Crippen LogP contribution in [0.2, 0.25) is 5.02 Å². The molecule has 5 heteroatoms. The first-order valence-electron chi connectivity index (χ1n) is 6.97. The van der Waals surface area contributed by atoms with E-state index in [9.17, 15) is 5.11 Å². The van der Waals surface area contributed by atoms with E-state index in [0.717, 1.165) is 22.7 Å². The maximum Gasteiger partial charge on any atom is 0.0938 e. The third-order valence-electron chi connectivity index (χ3n) is 3.66. The zero-order chi connectivity index (χ0) is 15.0. The Bertz CT molecular complexity index is 745. The van der Waals surface area contributed by atoms with E-state index in [1.54, 1.807) is 16.0 Å². The van der Waals surface area contributed by atoms with Crippen molar-refractivity contribution in [3.05, 3.63) is 51.6 Å². The van der Waals surface area contributed by atoms with Gasteiger partial charge >= 0.3 is 0 Å². The molecule has 3 aromatic rings. The minimum atomic E-state index is -0.556. The lowest BCUT2D eigenvalue weighted by Crippen LogP contribution is -2.05. The van der Waals surface area contributed by atoms with Crippen molar-refractivity contribution in [2.24, 2.45) is 7.05 Å². The predicted molar refractivity (Wildman–Crippen MR) is 88.1 cm³/mol. The van der Waals surface area contributed by atoms with Crippen LogP contribution in [0.25, 0.3) is 10.1 Å². The van der Waals surface area contributed by atoms with Crippen molar-refractivity contribution < 1.29 is 5.11 Å². The molecule has 0 amide bonds. The highest BCUT2D eigenvalue weighted by atomic mass is 35.5. The maximum absolute atomic E-state index is 10.5. The zero-order valence-corrected chi connectivity index (χ0v) is 13.6. The number of hydrogen-bond acceptors (Lipinski definition) is 3. The molecule has 2 heterocycles. The first kappa shape index (κ1) is 14.6. The van der Waals surface area contributed by atoms with Crippen LogP contribution in [0.3, 0.4) is 0 Å². The molecule has 1 N–H and O–H groups in total. The molecule has 0 fully saturated rings. The normalized spacial score (nSPS) is 13.0. The lowest BCUT2D eigenvalue weighted by molar-refractivity contribution is 0.179. The molecule has 0 spiro atoms. The Balaban J connectivity index is 1.89. The quantitative estimate of drug-likeness (QED) is 0.785. The van der Waals surface area contributed by atoms with Gasteiger partial charge in [0.05, 0.1) is 22.5 Å². The number of aromatic nitrogens is 2. The first-order chi connectivity index (χ1) is 10.1. The molecule has 0 aliphatic rings. The molecular formula is C16H17ClN2OS. The van der Waals surface area contributed by atoms with Crippen LogP contribution in [0.1, 0.15) is 29.3 Å². The van der Waals surface area contributed by atoms with Gasteiger partial charge in [0.2, 0.25) is 0 Å². The van der Waals surface area contributed by atoms with Crippen LogP contribution in [0.4, 0.5) is 0 Å². The van der Waals surface area contributed by atoms with Gasteiger partial charge in [-0.05, 0) is 23.9 Å². The summed E-state index contributed by atoms with van der Waals surface area (Å²) in [4.78, 5) is 0.964. The van der Waals surface area contributed by atoms with Crippen LogP contribution >= 0.6 is 22.9 Å². The number of aliphatic hydroxyl groups excluding tert-OH is 1. The van der Waals surface area contributed by atoms with Gasteiger partial charge in [0.25, 0.3) is 0 Å². The summed E-state index contributed by atoms with van der Waals surface area (Å²) in [5, 5.41) is 16.8. The lowest BCUT2D eigenvalue weighted by Gasteiger charge is -2.09. The summed E-state index contributed by atoms with van der Waals surface area (Å²) in [6.07, 6.45) is 0.723. The fourth-order valence-corrected chi connectivity index (χ4v) is 3.91. The summed E-state index contributed by atoms with van der Waals surface area (Å²) in [5.41, 5.74) is 1.77. The molecule has 0 aliphatic heterocycles. The van der Waals surface area contributed by atoms with Crippen molar-refractivity contribution >= 4 is 33.0 Å². The van der Waals surface area contributed by atoms with Gasteiger partial charge in [-0.25, -0.2) is 0 Å². The molecular weight excluding hydrogens is 304 g/mol. The second-order valence-electron chi connectivity index (χ2n) is 5.09. The standard InChI is InChI=1S/C16H17ClN2OS/c1-3-11-16(17)12(19(2)18-11)9-13(20)15-8-10-6-4-5-7-14(10)21-15/h4-8,13,20H,3,9H2,1-2H3. The Morgan fingerprint density at radius 3 is 2.81 bits per heavy atom. The fraction of sp³-hybridized carbons (Fsp3) is 0.312. The van der Waals surface area contributed by atoms with Crippen molar-refractivity contribution in [2.45, 2.75) is 25.9 Å². The molecule has 110 valence electrons. The van der Waals surface area contributed by atoms with E-state index in [1.807, 2.05) is 26.1 Å². The smallest absolute Gasteiger partial charge is 0.0938 e. The third-order valence-corrected chi connectivity index (χ3v) is 5.32. The van der Waals surface area contributed by atoms with E-state index in [2.05, 4.69) is 23.3 Å². The highest BCUT2D eigenvalue weighted by molar-refractivity contribution is 7.19. The SMILES string of the molecule is CCc1nn(C)c(CC(O)c2cc3ccccc3s2)c1Cl. The third kappa shape index (κ3) is 2.71. The molecule has 1 atom stereocenters. The Kier molecular flexibility index (Phi) is 4.02. The summed E-state index contributed by atoms with van der Waals surface area (Å²) < 4.78 is 2.97. The molecule has 3 nitrogen and oxygen atoms in total. The van der Waals surface area contributed by atoms with Crippen LogP contribution in [-0.2, 0) is 19.9 Å². The monoisotopic (exact) mass is 320 g/mol. The summed E-state index contributed by atoms with van der Waals surface area (Å²) >= 11 is 7.98. The number of benzene rings is 1. The molecule has 0 saturated carbocycles. The fourth-order valence-electron chi connectivity index (χ4n) is 2.49. The molecule has 1 aromatic carbocycles. The van der Waals surface area contributed by atoms with Crippen molar-refractivity contribution in [1.82, 2.24) is 9.78 Å². The summed E-state index contributed by atoms with van der Waals surface area (Å²) in [6, 6.07) is 10.2. The van der Waals surface area contributed by atoms with Crippen molar-refractivity contribution in [3.8, 4) is 0 Å². The van der Waals surface area contributed by atoms with E-state index >= 15 is 0 Å². The highest BCUT2D eigenvalue weighted by Gasteiger charge is 2.19. The Labute approximate surface area is 132 Å². The first-order valence-corrected chi connectivity index (χ1v) is 8.16. The molecule has 3 rings (SSSR count).